The fourth-order valence-electron chi connectivity index (χ4n) is 2.72. The Labute approximate surface area is 139 Å². The van der Waals surface area contributed by atoms with Crippen molar-refractivity contribution in [3.05, 3.63) is 41.2 Å². The Morgan fingerprint density at radius 2 is 2.09 bits per heavy atom. The van der Waals surface area contributed by atoms with Crippen LogP contribution in [-0.4, -0.2) is 28.8 Å². The van der Waals surface area contributed by atoms with E-state index in [1.807, 2.05) is 18.7 Å². The number of carbonyl (C=O) groups excluding carboxylic acids is 2. The maximum Gasteiger partial charge on any atom is 0.291 e. The lowest BCUT2D eigenvalue weighted by Crippen LogP contribution is -2.47. The van der Waals surface area contributed by atoms with Crippen LogP contribution in [0.1, 0.15) is 53.3 Å². The normalized spacial score (nSPS) is 14.6. The van der Waals surface area contributed by atoms with Gasteiger partial charge in [0.05, 0.1) is 16.1 Å². The van der Waals surface area contributed by atoms with Gasteiger partial charge in [0, 0.05) is 12.1 Å². The molecule has 0 atom stereocenters. The maximum absolute atomic E-state index is 12.8. The first-order valence-electron chi connectivity index (χ1n) is 7.83. The van der Waals surface area contributed by atoms with Gasteiger partial charge in [0.15, 0.2) is 5.76 Å². The molecule has 1 aliphatic rings. The Kier molecular flexibility index (Phi) is 4.52. The van der Waals surface area contributed by atoms with Gasteiger partial charge in [-0.25, -0.2) is 0 Å². The number of nitrogens with one attached hydrogen (secondary N) is 1. The Morgan fingerprint density at radius 1 is 1.30 bits per heavy atom. The lowest BCUT2D eigenvalue weighted by Gasteiger charge is -2.40. The Morgan fingerprint density at radius 3 is 2.65 bits per heavy atom. The van der Waals surface area contributed by atoms with Crippen molar-refractivity contribution in [1.29, 1.82) is 0 Å². The van der Waals surface area contributed by atoms with Gasteiger partial charge in [-0.05, 0) is 57.4 Å². The zero-order chi connectivity index (χ0) is 16.4. The summed E-state index contributed by atoms with van der Waals surface area (Å²) < 4.78 is 5.06. The molecule has 1 saturated carbocycles. The lowest BCUT2D eigenvalue weighted by atomic mass is 9.90. The minimum atomic E-state index is -0.310. The molecule has 1 aliphatic carbocycles. The van der Waals surface area contributed by atoms with Crippen molar-refractivity contribution < 1.29 is 14.0 Å². The van der Waals surface area contributed by atoms with Crippen molar-refractivity contribution in [2.75, 3.05) is 5.32 Å². The van der Waals surface area contributed by atoms with Gasteiger partial charge in [-0.2, -0.15) is 0 Å². The number of amides is 2. The van der Waals surface area contributed by atoms with Crippen LogP contribution in [0.5, 0.6) is 0 Å². The monoisotopic (exact) mass is 332 g/mol. The quantitative estimate of drug-likeness (QED) is 0.900. The largest absolute Gasteiger partial charge is 0.459 e. The molecule has 0 aliphatic heterocycles. The third-order valence-electron chi connectivity index (χ3n) is 4.06. The fraction of sp³-hybridized carbons (Fsp3) is 0.412. The summed E-state index contributed by atoms with van der Waals surface area (Å²) in [5.41, 5.74) is 0. The average molecular weight is 332 g/mol. The smallest absolute Gasteiger partial charge is 0.291 e. The number of thiophene rings is 1. The molecule has 3 rings (SSSR count). The van der Waals surface area contributed by atoms with E-state index in [4.69, 9.17) is 4.42 Å². The molecule has 6 heteroatoms. The van der Waals surface area contributed by atoms with Crippen molar-refractivity contribution >= 4 is 28.2 Å². The van der Waals surface area contributed by atoms with Crippen LogP contribution in [0.25, 0.3) is 0 Å². The van der Waals surface area contributed by atoms with E-state index in [2.05, 4.69) is 5.32 Å². The standard InChI is InChI=1S/C17H20N2O3S/c1-11(2)19(12-5-3-6-12)17(21)14-8-9-15(23-14)18-16(20)13-7-4-10-22-13/h4,7-12H,3,5-6H2,1-2H3,(H,18,20). The first kappa shape index (κ1) is 15.8. The second-order valence-electron chi connectivity index (χ2n) is 5.99. The van der Waals surface area contributed by atoms with Crippen LogP contribution in [0.2, 0.25) is 0 Å². The highest BCUT2D eigenvalue weighted by molar-refractivity contribution is 7.18. The van der Waals surface area contributed by atoms with Crippen LogP contribution < -0.4 is 5.32 Å². The first-order chi connectivity index (χ1) is 11.1. The van der Waals surface area contributed by atoms with E-state index in [9.17, 15) is 9.59 Å². The second kappa shape index (κ2) is 6.58. The van der Waals surface area contributed by atoms with Gasteiger partial charge < -0.3 is 14.6 Å². The highest BCUT2D eigenvalue weighted by Gasteiger charge is 2.31. The van der Waals surface area contributed by atoms with E-state index in [0.717, 1.165) is 12.8 Å². The molecule has 1 fully saturated rings. The molecule has 0 unspecified atom stereocenters. The minimum absolute atomic E-state index is 0.0493. The van der Waals surface area contributed by atoms with Gasteiger partial charge in [0.1, 0.15) is 0 Å². The van der Waals surface area contributed by atoms with Gasteiger partial charge >= 0.3 is 0 Å². The molecule has 0 bridgehead atoms. The fourth-order valence-corrected chi connectivity index (χ4v) is 3.56. The predicted molar refractivity (Wildman–Crippen MR) is 89.9 cm³/mol. The predicted octanol–water partition coefficient (Wildman–Crippen LogP) is 4.00. The second-order valence-corrected chi connectivity index (χ2v) is 7.07. The Balaban J connectivity index is 1.70. The SMILES string of the molecule is CC(C)N(C(=O)c1ccc(NC(=O)c2ccco2)s1)C1CCC1. The molecule has 1 N–H and O–H groups in total. The van der Waals surface area contributed by atoms with E-state index >= 15 is 0 Å². The molecule has 0 aromatic carbocycles. The topological polar surface area (TPSA) is 62.6 Å². The summed E-state index contributed by atoms with van der Waals surface area (Å²) in [4.78, 5) is 27.3. The molecule has 2 aromatic heterocycles. The van der Waals surface area contributed by atoms with Crippen LogP contribution in [0.4, 0.5) is 5.00 Å². The van der Waals surface area contributed by atoms with Crippen LogP contribution in [0.3, 0.4) is 0 Å². The summed E-state index contributed by atoms with van der Waals surface area (Å²) in [7, 11) is 0. The zero-order valence-corrected chi connectivity index (χ0v) is 14.1. The first-order valence-corrected chi connectivity index (χ1v) is 8.65. The molecule has 2 amide bonds. The highest BCUT2D eigenvalue weighted by atomic mass is 32.1. The molecular weight excluding hydrogens is 312 g/mol. The molecule has 2 heterocycles. The van der Waals surface area contributed by atoms with Crippen molar-refractivity contribution in [1.82, 2.24) is 4.90 Å². The summed E-state index contributed by atoms with van der Waals surface area (Å²) in [6, 6.07) is 7.34. The van der Waals surface area contributed by atoms with E-state index in [0.29, 0.717) is 15.9 Å². The number of hydrogen-bond acceptors (Lipinski definition) is 4. The summed E-state index contributed by atoms with van der Waals surface area (Å²) in [5, 5.41) is 3.41. The zero-order valence-electron chi connectivity index (χ0n) is 13.2. The lowest BCUT2D eigenvalue weighted by molar-refractivity contribution is 0.0494. The number of anilines is 1. The van der Waals surface area contributed by atoms with Gasteiger partial charge in [-0.3, -0.25) is 9.59 Å². The number of nitrogens with zero attached hydrogens (tertiary/aromatic N) is 1. The van der Waals surface area contributed by atoms with Gasteiger partial charge in [0.2, 0.25) is 0 Å². The molecule has 23 heavy (non-hydrogen) atoms. The number of carbonyl (C=O) groups is 2. The molecule has 0 spiro atoms. The summed E-state index contributed by atoms with van der Waals surface area (Å²) in [6.45, 7) is 4.09. The molecule has 5 nitrogen and oxygen atoms in total. The Bertz CT molecular complexity index is 687. The summed E-state index contributed by atoms with van der Waals surface area (Å²) in [5.74, 6) is -0.00620. The number of hydrogen-bond donors (Lipinski definition) is 1. The minimum Gasteiger partial charge on any atom is -0.459 e. The van der Waals surface area contributed by atoms with E-state index in [1.165, 1.54) is 24.0 Å². The molecule has 122 valence electrons. The average Bonchev–Trinajstić information content (AvgIpc) is 3.12. The van der Waals surface area contributed by atoms with Crippen molar-refractivity contribution in [3.8, 4) is 0 Å². The molecule has 0 saturated heterocycles. The number of rotatable bonds is 5. The summed E-state index contributed by atoms with van der Waals surface area (Å²) in [6.07, 6.45) is 4.81. The number of furan rings is 1. The molecule has 0 radical (unpaired) electrons. The van der Waals surface area contributed by atoms with E-state index < -0.39 is 0 Å². The van der Waals surface area contributed by atoms with Crippen LogP contribution in [0, 0.1) is 0 Å². The van der Waals surface area contributed by atoms with Crippen molar-refractivity contribution in [2.45, 2.75) is 45.2 Å². The van der Waals surface area contributed by atoms with Crippen LogP contribution >= 0.6 is 11.3 Å². The third-order valence-corrected chi connectivity index (χ3v) is 5.05. The van der Waals surface area contributed by atoms with Gasteiger partial charge in [-0.1, -0.05) is 0 Å². The van der Waals surface area contributed by atoms with Gasteiger partial charge in [-0.15, -0.1) is 11.3 Å². The third kappa shape index (κ3) is 3.32. The van der Waals surface area contributed by atoms with Crippen LogP contribution in [0.15, 0.2) is 34.9 Å². The molecular formula is C17H20N2O3S. The van der Waals surface area contributed by atoms with Crippen molar-refractivity contribution in [3.63, 3.8) is 0 Å². The molecule has 2 aromatic rings. The van der Waals surface area contributed by atoms with Crippen molar-refractivity contribution in [2.24, 2.45) is 0 Å². The van der Waals surface area contributed by atoms with E-state index in [1.54, 1.807) is 24.3 Å². The Hall–Kier alpha value is -2.08. The maximum atomic E-state index is 12.8. The van der Waals surface area contributed by atoms with Crippen LogP contribution in [-0.2, 0) is 0 Å². The summed E-state index contributed by atoms with van der Waals surface area (Å²) >= 11 is 1.30. The highest BCUT2D eigenvalue weighted by Crippen LogP contribution is 2.30. The van der Waals surface area contributed by atoms with Gasteiger partial charge in [0.25, 0.3) is 11.8 Å². The van der Waals surface area contributed by atoms with E-state index in [-0.39, 0.29) is 23.6 Å².